The molecule has 0 spiro atoms. The molecule has 1 aliphatic rings. The first-order valence-electron chi connectivity index (χ1n) is 21.5. The molecule has 3 heterocycles. The van der Waals surface area contributed by atoms with E-state index in [4.69, 9.17) is 14.4 Å². The topological polar surface area (TPSA) is 43.9 Å². The number of benzene rings is 9. The molecule has 0 amide bonds. The molecular formula is C59H37N3O. The molecule has 0 N–H and O–H groups in total. The summed E-state index contributed by atoms with van der Waals surface area (Å²) < 4.78 is 9.53. The molecule has 4 heteroatoms. The van der Waals surface area contributed by atoms with Crippen molar-refractivity contribution in [3.63, 3.8) is 0 Å². The van der Waals surface area contributed by atoms with Crippen molar-refractivity contribution in [3.8, 4) is 50.7 Å². The first-order valence-corrected chi connectivity index (χ1v) is 21.5. The molecule has 1 aliphatic carbocycles. The van der Waals surface area contributed by atoms with Crippen molar-refractivity contribution in [2.45, 2.75) is 5.41 Å². The fraction of sp³-hybridized carbons (Fsp3) is 0.0169. The molecule has 12 aromatic rings. The molecule has 13 rings (SSSR count). The molecular weight excluding hydrogens is 767 g/mol. The SMILES string of the molecule is c1ccc(-c2cc(-c3cccc4oc5c(ccc6c7ccccc7n(-c7ccc8c(c7)C(c7ccccc7)(c7ccccc7)c7ccccc7-8)c65)c34)nc(-c3ccccc3)n2)cc1. The van der Waals surface area contributed by atoms with Gasteiger partial charge in [-0.2, -0.15) is 0 Å². The average molecular weight is 804 g/mol. The summed E-state index contributed by atoms with van der Waals surface area (Å²) in [5, 5.41) is 4.38. The maximum atomic E-state index is 7.11. The van der Waals surface area contributed by atoms with Crippen molar-refractivity contribution >= 4 is 43.7 Å². The minimum Gasteiger partial charge on any atom is -0.454 e. The van der Waals surface area contributed by atoms with Gasteiger partial charge < -0.3 is 8.98 Å². The normalized spacial score (nSPS) is 12.9. The number of aromatic nitrogens is 3. The van der Waals surface area contributed by atoms with E-state index in [1.54, 1.807) is 0 Å². The van der Waals surface area contributed by atoms with Gasteiger partial charge in [0, 0.05) is 43.9 Å². The summed E-state index contributed by atoms with van der Waals surface area (Å²) in [5.41, 5.74) is 16.6. The van der Waals surface area contributed by atoms with Crippen LogP contribution in [0.25, 0.3) is 94.5 Å². The summed E-state index contributed by atoms with van der Waals surface area (Å²) in [6.07, 6.45) is 0. The molecule has 0 radical (unpaired) electrons. The Morgan fingerprint density at radius 3 is 1.78 bits per heavy atom. The van der Waals surface area contributed by atoms with E-state index in [0.29, 0.717) is 5.82 Å². The van der Waals surface area contributed by atoms with Gasteiger partial charge in [0.05, 0.1) is 27.8 Å². The lowest BCUT2D eigenvalue weighted by molar-refractivity contribution is 0.671. The highest BCUT2D eigenvalue weighted by Gasteiger charge is 2.46. The Bertz CT molecular complexity index is 3620. The van der Waals surface area contributed by atoms with Gasteiger partial charge in [0.1, 0.15) is 5.58 Å². The van der Waals surface area contributed by atoms with Crippen LogP contribution in [-0.4, -0.2) is 14.5 Å². The fourth-order valence-corrected chi connectivity index (χ4v) is 10.4. The Morgan fingerprint density at radius 1 is 0.413 bits per heavy atom. The van der Waals surface area contributed by atoms with Crippen LogP contribution < -0.4 is 0 Å². The van der Waals surface area contributed by atoms with E-state index >= 15 is 0 Å². The lowest BCUT2D eigenvalue weighted by Crippen LogP contribution is -2.28. The Morgan fingerprint density at radius 2 is 1.02 bits per heavy atom. The molecule has 294 valence electrons. The summed E-state index contributed by atoms with van der Waals surface area (Å²) >= 11 is 0. The molecule has 9 aromatic carbocycles. The van der Waals surface area contributed by atoms with E-state index in [0.717, 1.165) is 72.1 Å². The second-order valence-corrected chi connectivity index (χ2v) is 16.4. The van der Waals surface area contributed by atoms with Gasteiger partial charge in [-0.25, -0.2) is 9.97 Å². The number of hydrogen-bond acceptors (Lipinski definition) is 3. The Hall–Kier alpha value is -8.34. The van der Waals surface area contributed by atoms with Crippen molar-refractivity contribution in [1.29, 1.82) is 0 Å². The van der Waals surface area contributed by atoms with Crippen molar-refractivity contribution in [2.75, 3.05) is 0 Å². The lowest BCUT2D eigenvalue weighted by Gasteiger charge is -2.34. The maximum Gasteiger partial charge on any atom is 0.160 e. The highest BCUT2D eigenvalue weighted by molar-refractivity contribution is 6.23. The molecule has 0 aliphatic heterocycles. The quantitative estimate of drug-likeness (QED) is 0.168. The number of para-hydroxylation sites is 1. The molecule has 63 heavy (non-hydrogen) atoms. The van der Waals surface area contributed by atoms with E-state index in [9.17, 15) is 0 Å². The number of fused-ring (bicyclic) bond motifs is 10. The number of furan rings is 1. The lowest BCUT2D eigenvalue weighted by atomic mass is 9.67. The molecule has 0 bridgehead atoms. The van der Waals surface area contributed by atoms with Crippen LogP contribution in [0.15, 0.2) is 229 Å². The zero-order valence-electron chi connectivity index (χ0n) is 34.1. The van der Waals surface area contributed by atoms with Crippen LogP contribution in [-0.2, 0) is 5.41 Å². The van der Waals surface area contributed by atoms with Gasteiger partial charge in [0.2, 0.25) is 0 Å². The third kappa shape index (κ3) is 5.22. The van der Waals surface area contributed by atoms with Gasteiger partial charge in [-0.3, -0.25) is 0 Å². The monoisotopic (exact) mass is 803 g/mol. The summed E-state index contributed by atoms with van der Waals surface area (Å²) in [7, 11) is 0. The highest BCUT2D eigenvalue weighted by Crippen LogP contribution is 2.57. The second kappa shape index (κ2) is 13.8. The minimum atomic E-state index is -0.526. The van der Waals surface area contributed by atoms with Crippen molar-refractivity contribution in [1.82, 2.24) is 14.5 Å². The summed E-state index contributed by atoms with van der Waals surface area (Å²) in [6, 6.07) is 80.2. The summed E-state index contributed by atoms with van der Waals surface area (Å²) in [6.45, 7) is 0. The molecule has 3 aromatic heterocycles. The Balaban J connectivity index is 1.08. The molecule has 0 fully saturated rings. The van der Waals surface area contributed by atoms with E-state index in [-0.39, 0.29) is 0 Å². The van der Waals surface area contributed by atoms with E-state index < -0.39 is 5.41 Å². The molecule has 0 saturated carbocycles. The van der Waals surface area contributed by atoms with Crippen LogP contribution in [0.5, 0.6) is 0 Å². The van der Waals surface area contributed by atoms with Crippen LogP contribution in [0, 0.1) is 0 Å². The minimum absolute atomic E-state index is 0.526. The first-order chi connectivity index (χ1) is 31.3. The number of hydrogen-bond donors (Lipinski definition) is 0. The van der Waals surface area contributed by atoms with Crippen molar-refractivity contribution in [3.05, 3.63) is 247 Å². The molecule has 4 nitrogen and oxygen atoms in total. The van der Waals surface area contributed by atoms with Gasteiger partial charge in [-0.1, -0.05) is 188 Å². The van der Waals surface area contributed by atoms with Gasteiger partial charge in [0.15, 0.2) is 11.4 Å². The van der Waals surface area contributed by atoms with Gasteiger partial charge in [-0.15, -0.1) is 0 Å². The summed E-state index contributed by atoms with van der Waals surface area (Å²) in [5.74, 6) is 0.681. The number of rotatable bonds is 6. The zero-order chi connectivity index (χ0) is 41.5. The van der Waals surface area contributed by atoms with Crippen molar-refractivity contribution in [2.24, 2.45) is 0 Å². The second-order valence-electron chi connectivity index (χ2n) is 16.4. The van der Waals surface area contributed by atoms with Gasteiger partial charge in [0.25, 0.3) is 0 Å². The maximum absolute atomic E-state index is 7.11. The highest BCUT2D eigenvalue weighted by atomic mass is 16.3. The predicted octanol–water partition coefficient (Wildman–Crippen LogP) is 14.8. The standard InChI is InChI=1S/C59H37N3O/c1-5-18-38(19-6-1)51-37-52(61-58(60-51)39-20-7-2-8-21-39)47-28-17-31-54-55(47)48-35-34-46-45-27-14-16-30-53(45)62(56(46)57(48)63-54)42-32-33-44-43-26-13-15-29-49(43)59(50(44)36-42,40-22-9-3-10-23-40)41-24-11-4-12-25-41/h1-37H. The predicted molar refractivity (Wildman–Crippen MR) is 257 cm³/mol. The molecule has 0 atom stereocenters. The first kappa shape index (κ1) is 35.4. The van der Waals surface area contributed by atoms with E-state index in [1.807, 2.05) is 24.3 Å². The number of nitrogens with zero attached hydrogens (tertiary/aromatic N) is 3. The van der Waals surface area contributed by atoms with Crippen LogP contribution in [0.1, 0.15) is 22.3 Å². The third-order valence-corrected chi connectivity index (χ3v) is 13.1. The van der Waals surface area contributed by atoms with Gasteiger partial charge in [-0.05, 0) is 69.8 Å². The Labute approximate surface area is 364 Å². The largest absolute Gasteiger partial charge is 0.454 e. The molecule has 0 unspecified atom stereocenters. The van der Waals surface area contributed by atoms with E-state index in [2.05, 4.69) is 205 Å². The third-order valence-electron chi connectivity index (χ3n) is 13.1. The van der Waals surface area contributed by atoms with Crippen LogP contribution in [0.2, 0.25) is 0 Å². The Kier molecular flexibility index (Phi) is 7.79. The van der Waals surface area contributed by atoms with Crippen molar-refractivity contribution < 1.29 is 4.42 Å². The van der Waals surface area contributed by atoms with Gasteiger partial charge >= 0.3 is 0 Å². The van der Waals surface area contributed by atoms with Crippen LogP contribution in [0.4, 0.5) is 0 Å². The van der Waals surface area contributed by atoms with Crippen LogP contribution in [0.3, 0.4) is 0 Å². The van der Waals surface area contributed by atoms with E-state index in [1.165, 1.54) is 38.8 Å². The fourth-order valence-electron chi connectivity index (χ4n) is 10.4. The molecule has 0 saturated heterocycles. The van der Waals surface area contributed by atoms with Crippen LogP contribution >= 0.6 is 0 Å². The smallest absolute Gasteiger partial charge is 0.160 e. The zero-order valence-corrected chi connectivity index (χ0v) is 34.1. The average Bonchev–Trinajstić information content (AvgIpc) is 4.01. The summed E-state index contributed by atoms with van der Waals surface area (Å²) in [4.78, 5) is 10.3.